The molecule has 1 saturated heterocycles. The fraction of sp³-hybridized carbons (Fsp3) is 0.538. The maximum atomic E-state index is 12.4. The van der Waals surface area contributed by atoms with E-state index in [0.717, 1.165) is 29.7 Å². The zero-order valence-electron chi connectivity index (χ0n) is 10.4. The zero-order valence-corrected chi connectivity index (χ0v) is 11.2. The van der Waals surface area contributed by atoms with Gasteiger partial charge in [-0.15, -0.1) is 11.3 Å². The molecule has 0 radical (unpaired) electrons. The third-order valence-electron chi connectivity index (χ3n) is 3.37. The SMILES string of the molecule is CCc1ccsc1C(=O)N1CCCC1CC(=O)O. The number of amides is 1. The molecule has 1 unspecified atom stereocenters. The van der Waals surface area contributed by atoms with Crippen molar-refractivity contribution in [3.8, 4) is 0 Å². The van der Waals surface area contributed by atoms with Crippen molar-refractivity contribution < 1.29 is 14.7 Å². The van der Waals surface area contributed by atoms with Crippen LogP contribution in [0.15, 0.2) is 11.4 Å². The van der Waals surface area contributed by atoms with Gasteiger partial charge in [-0.3, -0.25) is 9.59 Å². The minimum atomic E-state index is -0.832. The fourth-order valence-electron chi connectivity index (χ4n) is 2.45. The van der Waals surface area contributed by atoms with Crippen LogP contribution >= 0.6 is 11.3 Å². The van der Waals surface area contributed by atoms with Gasteiger partial charge in [0, 0.05) is 12.6 Å². The van der Waals surface area contributed by atoms with Gasteiger partial charge >= 0.3 is 5.97 Å². The first-order chi connectivity index (χ1) is 8.63. The van der Waals surface area contributed by atoms with Gasteiger partial charge in [0.2, 0.25) is 0 Å². The van der Waals surface area contributed by atoms with Crippen LogP contribution in [0.1, 0.15) is 41.4 Å². The van der Waals surface area contributed by atoms with Crippen LogP contribution in [-0.4, -0.2) is 34.5 Å². The predicted molar refractivity (Wildman–Crippen MR) is 70.0 cm³/mol. The van der Waals surface area contributed by atoms with Crippen LogP contribution < -0.4 is 0 Å². The molecule has 0 aliphatic carbocycles. The normalized spacial score (nSPS) is 19.2. The molecule has 1 aromatic heterocycles. The molecule has 0 bridgehead atoms. The Labute approximate surface area is 110 Å². The van der Waals surface area contributed by atoms with Crippen LogP contribution in [0.2, 0.25) is 0 Å². The predicted octanol–water partition coefficient (Wildman–Crippen LogP) is 2.39. The number of carboxylic acids is 1. The van der Waals surface area contributed by atoms with E-state index in [4.69, 9.17) is 5.11 Å². The van der Waals surface area contributed by atoms with E-state index in [-0.39, 0.29) is 18.4 Å². The molecule has 1 N–H and O–H groups in total. The molecule has 5 heteroatoms. The molecule has 1 fully saturated rings. The minimum Gasteiger partial charge on any atom is -0.481 e. The monoisotopic (exact) mass is 267 g/mol. The van der Waals surface area contributed by atoms with Crippen molar-refractivity contribution in [1.82, 2.24) is 4.90 Å². The van der Waals surface area contributed by atoms with E-state index in [1.807, 2.05) is 18.4 Å². The first-order valence-corrected chi connectivity index (χ1v) is 7.10. The number of likely N-dealkylation sites (tertiary alicyclic amines) is 1. The lowest BCUT2D eigenvalue weighted by Crippen LogP contribution is -2.36. The summed E-state index contributed by atoms with van der Waals surface area (Å²) >= 11 is 1.45. The summed E-state index contributed by atoms with van der Waals surface area (Å²) in [7, 11) is 0. The van der Waals surface area contributed by atoms with Crippen molar-refractivity contribution in [1.29, 1.82) is 0 Å². The number of rotatable bonds is 4. The van der Waals surface area contributed by atoms with E-state index in [9.17, 15) is 9.59 Å². The molecule has 0 saturated carbocycles. The Morgan fingerprint density at radius 1 is 1.56 bits per heavy atom. The molecule has 98 valence electrons. The summed E-state index contributed by atoms with van der Waals surface area (Å²) in [6.45, 7) is 2.70. The minimum absolute atomic E-state index is 0.00519. The van der Waals surface area contributed by atoms with Crippen LogP contribution in [0, 0.1) is 0 Å². The van der Waals surface area contributed by atoms with Gasteiger partial charge in [-0.2, -0.15) is 0 Å². The number of carbonyl (C=O) groups is 2. The van der Waals surface area contributed by atoms with Gasteiger partial charge in [0.15, 0.2) is 0 Å². The second-order valence-electron chi connectivity index (χ2n) is 4.52. The first kappa shape index (κ1) is 13.1. The Kier molecular flexibility index (Phi) is 4.01. The van der Waals surface area contributed by atoms with Gasteiger partial charge in [-0.25, -0.2) is 0 Å². The molecule has 1 aliphatic rings. The Bertz CT molecular complexity index is 455. The van der Waals surface area contributed by atoms with Crippen molar-refractivity contribution in [2.24, 2.45) is 0 Å². The molecule has 0 spiro atoms. The third-order valence-corrected chi connectivity index (χ3v) is 4.31. The number of aryl methyl sites for hydroxylation is 1. The first-order valence-electron chi connectivity index (χ1n) is 6.22. The van der Waals surface area contributed by atoms with Crippen molar-refractivity contribution >= 4 is 23.2 Å². The van der Waals surface area contributed by atoms with Crippen molar-refractivity contribution in [2.45, 2.75) is 38.6 Å². The Balaban J connectivity index is 2.15. The van der Waals surface area contributed by atoms with Crippen molar-refractivity contribution in [2.75, 3.05) is 6.54 Å². The number of carbonyl (C=O) groups excluding carboxylic acids is 1. The molecule has 0 aromatic carbocycles. The van der Waals surface area contributed by atoms with Crippen LogP contribution in [-0.2, 0) is 11.2 Å². The van der Waals surface area contributed by atoms with Crippen molar-refractivity contribution in [3.05, 3.63) is 21.9 Å². The molecule has 1 aromatic rings. The van der Waals surface area contributed by atoms with E-state index in [1.54, 1.807) is 4.90 Å². The highest BCUT2D eigenvalue weighted by Crippen LogP contribution is 2.26. The average Bonchev–Trinajstić information content (AvgIpc) is 2.95. The summed E-state index contributed by atoms with van der Waals surface area (Å²) in [4.78, 5) is 25.7. The van der Waals surface area contributed by atoms with Crippen molar-refractivity contribution in [3.63, 3.8) is 0 Å². The molecule has 1 amide bonds. The lowest BCUT2D eigenvalue weighted by Gasteiger charge is -2.23. The second-order valence-corrected chi connectivity index (χ2v) is 5.44. The van der Waals surface area contributed by atoms with Gasteiger partial charge in [-0.05, 0) is 36.3 Å². The lowest BCUT2D eigenvalue weighted by molar-refractivity contribution is -0.137. The van der Waals surface area contributed by atoms with E-state index in [0.29, 0.717) is 6.54 Å². The number of carboxylic acid groups (broad SMARTS) is 1. The average molecular weight is 267 g/mol. The molecule has 4 nitrogen and oxygen atoms in total. The van der Waals surface area contributed by atoms with Gasteiger partial charge < -0.3 is 10.0 Å². The molecule has 1 atom stereocenters. The van der Waals surface area contributed by atoms with Crippen LogP contribution in [0.25, 0.3) is 0 Å². The van der Waals surface area contributed by atoms with E-state index in [1.165, 1.54) is 11.3 Å². The highest BCUT2D eigenvalue weighted by Gasteiger charge is 2.32. The summed E-state index contributed by atoms with van der Waals surface area (Å²) in [6.07, 6.45) is 2.59. The number of hydrogen-bond acceptors (Lipinski definition) is 3. The van der Waals surface area contributed by atoms with Crippen LogP contribution in [0.3, 0.4) is 0 Å². The number of nitrogens with zero attached hydrogens (tertiary/aromatic N) is 1. The van der Waals surface area contributed by atoms with Crippen LogP contribution in [0.5, 0.6) is 0 Å². The fourth-order valence-corrected chi connectivity index (χ4v) is 3.40. The van der Waals surface area contributed by atoms with E-state index in [2.05, 4.69) is 0 Å². The Morgan fingerprint density at radius 3 is 3.00 bits per heavy atom. The lowest BCUT2D eigenvalue weighted by atomic mass is 10.1. The van der Waals surface area contributed by atoms with E-state index >= 15 is 0 Å². The maximum absolute atomic E-state index is 12.4. The summed E-state index contributed by atoms with van der Waals surface area (Å²) < 4.78 is 0. The topological polar surface area (TPSA) is 57.6 Å². The summed E-state index contributed by atoms with van der Waals surface area (Å²) in [6, 6.07) is 1.84. The number of thiophene rings is 1. The standard InChI is InChI=1S/C13H17NO3S/c1-2-9-5-7-18-12(9)13(17)14-6-3-4-10(14)8-11(15)16/h5,7,10H,2-4,6,8H2,1H3,(H,15,16). The smallest absolute Gasteiger partial charge is 0.305 e. The Hall–Kier alpha value is -1.36. The molecule has 2 heterocycles. The van der Waals surface area contributed by atoms with Gasteiger partial charge in [-0.1, -0.05) is 6.92 Å². The zero-order chi connectivity index (χ0) is 13.1. The summed E-state index contributed by atoms with van der Waals surface area (Å²) in [5.74, 6) is -0.827. The number of aliphatic carboxylic acids is 1. The number of hydrogen-bond donors (Lipinski definition) is 1. The maximum Gasteiger partial charge on any atom is 0.305 e. The molecule has 1 aliphatic heterocycles. The summed E-state index contributed by atoms with van der Waals surface area (Å²) in [5.41, 5.74) is 1.06. The third kappa shape index (κ3) is 2.56. The van der Waals surface area contributed by atoms with Gasteiger partial charge in [0.05, 0.1) is 11.3 Å². The quantitative estimate of drug-likeness (QED) is 0.911. The highest BCUT2D eigenvalue weighted by atomic mass is 32.1. The van der Waals surface area contributed by atoms with Gasteiger partial charge in [0.25, 0.3) is 5.91 Å². The Morgan fingerprint density at radius 2 is 2.33 bits per heavy atom. The van der Waals surface area contributed by atoms with E-state index < -0.39 is 5.97 Å². The van der Waals surface area contributed by atoms with Gasteiger partial charge in [0.1, 0.15) is 0 Å². The molecule has 2 rings (SSSR count). The highest BCUT2D eigenvalue weighted by molar-refractivity contribution is 7.12. The molecule has 18 heavy (non-hydrogen) atoms. The molecular weight excluding hydrogens is 250 g/mol. The van der Waals surface area contributed by atoms with Crippen LogP contribution in [0.4, 0.5) is 0 Å². The largest absolute Gasteiger partial charge is 0.481 e. The second kappa shape index (κ2) is 5.52. The summed E-state index contributed by atoms with van der Waals surface area (Å²) in [5, 5.41) is 10.8. The molecular formula is C13H17NO3S.